The number of fused-ring (bicyclic) bond motifs is 3. The Hall–Kier alpha value is -1.87. The Morgan fingerprint density at radius 2 is 2.00 bits per heavy atom. The smallest absolute Gasteiger partial charge is 0.123 e. The zero-order valence-corrected chi connectivity index (χ0v) is 9.97. The zero-order valence-electron chi connectivity index (χ0n) is 9.97. The van der Waals surface area contributed by atoms with Gasteiger partial charge in [0.25, 0.3) is 0 Å². The quantitative estimate of drug-likeness (QED) is 0.671. The molecule has 0 saturated carbocycles. The van der Waals surface area contributed by atoms with Crippen molar-refractivity contribution >= 4 is 21.8 Å². The molecule has 2 heterocycles. The first-order valence-electron chi connectivity index (χ1n) is 5.63. The van der Waals surface area contributed by atoms with Gasteiger partial charge in [-0.15, -0.1) is 0 Å². The zero-order chi connectivity index (χ0) is 11.8. The summed E-state index contributed by atoms with van der Waals surface area (Å²) in [6.07, 6.45) is 3.81. The average Bonchev–Trinajstić information content (AvgIpc) is 2.66. The van der Waals surface area contributed by atoms with Gasteiger partial charge < -0.3 is 9.30 Å². The fourth-order valence-corrected chi connectivity index (χ4v) is 2.42. The van der Waals surface area contributed by atoms with E-state index in [2.05, 4.69) is 40.7 Å². The van der Waals surface area contributed by atoms with Crippen LogP contribution in [0.5, 0.6) is 0 Å². The molecule has 0 unspecified atom stereocenters. The molecule has 0 aliphatic carbocycles. The van der Waals surface area contributed by atoms with E-state index in [1.165, 1.54) is 21.9 Å². The SMILES string of the molecule is COCn1c2ccccc2c2c(C)cncc21. The molecule has 0 bridgehead atoms. The summed E-state index contributed by atoms with van der Waals surface area (Å²) in [5, 5.41) is 2.53. The Morgan fingerprint density at radius 3 is 2.82 bits per heavy atom. The van der Waals surface area contributed by atoms with Crippen molar-refractivity contribution in [3.63, 3.8) is 0 Å². The van der Waals surface area contributed by atoms with Gasteiger partial charge in [-0.05, 0) is 18.6 Å². The highest BCUT2D eigenvalue weighted by atomic mass is 16.5. The number of methoxy groups -OCH3 is 1. The maximum absolute atomic E-state index is 5.28. The molecule has 2 aromatic heterocycles. The third kappa shape index (κ3) is 1.43. The minimum Gasteiger partial charge on any atom is -0.364 e. The molecule has 0 aliphatic heterocycles. The van der Waals surface area contributed by atoms with Gasteiger partial charge in [-0.25, -0.2) is 0 Å². The van der Waals surface area contributed by atoms with Crippen molar-refractivity contribution in [1.82, 2.24) is 9.55 Å². The van der Waals surface area contributed by atoms with E-state index in [4.69, 9.17) is 4.74 Å². The van der Waals surface area contributed by atoms with Crippen LogP contribution in [-0.2, 0) is 11.5 Å². The normalized spacial score (nSPS) is 11.4. The summed E-state index contributed by atoms with van der Waals surface area (Å²) in [7, 11) is 1.71. The average molecular weight is 226 g/mol. The molecule has 0 saturated heterocycles. The molecule has 3 nitrogen and oxygen atoms in total. The van der Waals surface area contributed by atoms with Crippen molar-refractivity contribution in [3.05, 3.63) is 42.2 Å². The van der Waals surface area contributed by atoms with Gasteiger partial charge in [0, 0.05) is 24.1 Å². The van der Waals surface area contributed by atoms with E-state index >= 15 is 0 Å². The van der Waals surface area contributed by atoms with E-state index in [9.17, 15) is 0 Å². The molecule has 0 amide bonds. The predicted molar refractivity (Wildman–Crippen MR) is 69.0 cm³/mol. The summed E-state index contributed by atoms with van der Waals surface area (Å²) in [6.45, 7) is 2.65. The highest BCUT2D eigenvalue weighted by Crippen LogP contribution is 2.30. The molecule has 0 spiro atoms. The third-order valence-electron chi connectivity index (χ3n) is 3.13. The molecule has 0 fully saturated rings. The second-order valence-corrected chi connectivity index (χ2v) is 4.21. The first-order valence-corrected chi connectivity index (χ1v) is 5.63. The van der Waals surface area contributed by atoms with Crippen LogP contribution in [0.1, 0.15) is 5.56 Å². The van der Waals surface area contributed by atoms with Crippen LogP contribution in [0.15, 0.2) is 36.7 Å². The van der Waals surface area contributed by atoms with Crippen molar-refractivity contribution in [3.8, 4) is 0 Å². The Labute approximate surface area is 99.6 Å². The van der Waals surface area contributed by atoms with Gasteiger partial charge in [-0.1, -0.05) is 18.2 Å². The lowest BCUT2D eigenvalue weighted by Gasteiger charge is -2.04. The van der Waals surface area contributed by atoms with Crippen molar-refractivity contribution in [1.29, 1.82) is 0 Å². The van der Waals surface area contributed by atoms with Crippen LogP contribution in [0.3, 0.4) is 0 Å². The summed E-state index contributed by atoms with van der Waals surface area (Å²) >= 11 is 0. The first kappa shape index (κ1) is 10.3. The van der Waals surface area contributed by atoms with Gasteiger partial charge in [-0.2, -0.15) is 0 Å². The van der Waals surface area contributed by atoms with E-state index in [0.29, 0.717) is 6.73 Å². The van der Waals surface area contributed by atoms with Crippen molar-refractivity contribution in [2.75, 3.05) is 7.11 Å². The first-order chi connectivity index (χ1) is 8.33. The number of nitrogens with zero attached hydrogens (tertiary/aromatic N) is 2. The number of aryl methyl sites for hydroxylation is 1. The molecule has 3 rings (SSSR count). The molecule has 3 heteroatoms. The lowest BCUT2D eigenvalue weighted by molar-refractivity contribution is 0.138. The van der Waals surface area contributed by atoms with Crippen LogP contribution in [-0.4, -0.2) is 16.7 Å². The topological polar surface area (TPSA) is 27.1 Å². The molecule has 3 aromatic rings. The summed E-state index contributed by atoms with van der Waals surface area (Å²) in [5.41, 5.74) is 3.53. The number of rotatable bonds is 2. The maximum Gasteiger partial charge on any atom is 0.123 e. The Bertz CT molecular complexity index is 685. The van der Waals surface area contributed by atoms with Crippen molar-refractivity contribution in [2.45, 2.75) is 13.7 Å². The van der Waals surface area contributed by atoms with Gasteiger partial charge in [0.1, 0.15) is 6.73 Å². The van der Waals surface area contributed by atoms with Gasteiger partial charge >= 0.3 is 0 Å². The summed E-state index contributed by atoms with van der Waals surface area (Å²) in [6, 6.07) is 8.39. The second kappa shape index (κ2) is 3.86. The third-order valence-corrected chi connectivity index (χ3v) is 3.13. The van der Waals surface area contributed by atoms with E-state index < -0.39 is 0 Å². The Balaban J connectivity index is 2.53. The van der Waals surface area contributed by atoms with Crippen molar-refractivity contribution in [2.24, 2.45) is 0 Å². The van der Waals surface area contributed by atoms with E-state index in [1.54, 1.807) is 7.11 Å². The molecule has 86 valence electrons. The minimum atomic E-state index is 0.551. The lowest BCUT2D eigenvalue weighted by atomic mass is 10.1. The molecular formula is C14H14N2O. The van der Waals surface area contributed by atoms with Crippen LogP contribution >= 0.6 is 0 Å². The fourth-order valence-electron chi connectivity index (χ4n) is 2.42. The summed E-state index contributed by atoms with van der Waals surface area (Å²) in [5.74, 6) is 0. The standard InChI is InChI=1S/C14H14N2O/c1-10-7-15-8-13-14(10)11-5-3-4-6-12(11)16(13)9-17-2/h3-8H,9H2,1-2H3. The Kier molecular flexibility index (Phi) is 2.34. The molecule has 0 aliphatic rings. The molecule has 1 aromatic carbocycles. The summed E-state index contributed by atoms with van der Waals surface area (Å²) < 4.78 is 7.43. The number of ether oxygens (including phenoxy) is 1. The van der Waals surface area contributed by atoms with Crippen LogP contribution in [0.2, 0.25) is 0 Å². The maximum atomic E-state index is 5.28. The van der Waals surface area contributed by atoms with Gasteiger partial charge in [0.15, 0.2) is 0 Å². The predicted octanol–water partition coefficient (Wildman–Crippen LogP) is 3.10. The van der Waals surface area contributed by atoms with Gasteiger partial charge in [0.05, 0.1) is 17.2 Å². The number of para-hydroxylation sites is 1. The number of aromatic nitrogens is 2. The van der Waals surface area contributed by atoms with Crippen LogP contribution in [0.4, 0.5) is 0 Å². The van der Waals surface area contributed by atoms with Crippen LogP contribution < -0.4 is 0 Å². The number of pyridine rings is 1. The molecule has 17 heavy (non-hydrogen) atoms. The second-order valence-electron chi connectivity index (χ2n) is 4.21. The minimum absolute atomic E-state index is 0.551. The highest BCUT2D eigenvalue weighted by Gasteiger charge is 2.11. The fraction of sp³-hybridized carbons (Fsp3) is 0.214. The van der Waals surface area contributed by atoms with E-state index in [1.807, 2.05) is 12.4 Å². The number of hydrogen-bond acceptors (Lipinski definition) is 2. The van der Waals surface area contributed by atoms with Gasteiger partial charge in [0.2, 0.25) is 0 Å². The molecule has 0 radical (unpaired) electrons. The van der Waals surface area contributed by atoms with Crippen LogP contribution in [0, 0.1) is 6.92 Å². The van der Waals surface area contributed by atoms with Crippen molar-refractivity contribution < 1.29 is 4.74 Å². The van der Waals surface area contributed by atoms with Crippen LogP contribution in [0.25, 0.3) is 21.8 Å². The highest BCUT2D eigenvalue weighted by molar-refractivity contribution is 6.09. The summed E-state index contributed by atoms with van der Waals surface area (Å²) in [4.78, 5) is 4.27. The van der Waals surface area contributed by atoms with E-state index in [-0.39, 0.29) is 0 Å². The number of benzene rings is 1. The van der Waals surface area contributed by atoms with Gasteiger partial charge in [-0.3, -0.25) is 4.98 Å². The molecular weight excluding hydrogens is 212 g/mol. The lowest BCUT2D eigenvalue weighted by Crippen LogP contribution is -1.99. The largest absolute Gasteiger partial charge is 0.364 e. The molecule has 0 atom stereocenters. The number of hydrogen-bond donors (Lipinski definition) is 0. The monoisotopic (exact) mass is 226 g/mol. The molecule has 0 N–H and O–H groups in total. The Morgan fingerprint density at radius 1 is 1.18 bits per heavy atom. The van der Waals surface area contributed by atoms with E-state index in [0.717, 1.165) is 5.52 Å².